The number of benzene rings is 2. The maximum absolute atomic E-state index is 12.7. The number of hydrogen-bond acceptors (Lipinski definition) is 2. The summed E-state index contributed by atoms with van der Waals surface area (Å²) in [6, 6.07) is 17.8. The third-order valence-electron chi connectivity index (χ3n) is 3.93. The maximum atomic E-state index is 12.7. The molecule has 0 atom stereocenters. The zero-order valence-electron chi connectivity index (χ0n) is 11.6. The molecule has 0 unspecified atom stereocenters. The monoisotopic (exact) mass is 271 g/mol. The van der Waals surface area contributed by atoms with Crippen LogP contribution in [0, 0.1) is 6.92 Å². The lowest BCUT2D eigenvalue weighted by Crippen LogP contribution is -2.00. The second-order valence-corrected chi connectivity index (χ2v) is 5.33. The Morgan fingerprint density at radius 2 is 1.67 bits per heavy atom. The average molecular weight is 271 g/mol. The van der Waals surface area contributed by atoms with Gasteiger partial charge in [-0.25, -0.2) is 0 Å². The van der Waals surface area contributed by atoms with E-state index < -0.39 is 0 Å². The van der Waals surface area contributed by atoms with Crippen molar-refractivity contribution < 1.29 is 4.79 Å². The molecule has 2 nitrogen and oxygen atoms in total. The van der Waals surface area contributed by atoms with Gasteiger partial charge < -0.3 is 0 Å². The highest BCUT2D eigenvalue weighted by Gasteiger charge is 2.29. The number of carbonyl (C=O) groups excluding carboxylic acids is 1. The molecule has 3 aromatic rings. The van der Waals surface area contributed by atoms with Crippen LogP contribution >= 0.6 is 0 Å². The van der Waals surface area contributed by atoms with Crippen molar-refractivity contribution in [2.45, 2.75) is 6.92 Å². The van der Waals surface area contributed by atoms with Crippen LogP contribution in [-0.2, 0) is 0 Å². The van der Waals surface area contributed by atoms with Gasteiger partial charge in [0.1, 0.15) is 0 Å². The summed E-state index contributed by atoms with van der Waals surface area (Å²) >= 11 is 0. The van der Waals surface area contributed by atoms with Crippen LogP contribution in [0.5, 0.6) is 0 Å². The van der Waals surface area contributed by atoms with E-state index in [1.165, 1.54) is 0 Å². The predicted octanol–water partition coefficient (Wildman–Crippen LogP) is 4.27. The molecule has 0 saturated carbocycles. The van der Waals surface area contributed by atoms with Crippen LogP contribution in [0.3, 0.4) is 0 Å². The van der Waals surface area contributed by atoms with E-state index in [9.17, 15) is 4.79 Å². The Balaban J connectivity index is 2.01. The van der Waals surface area contributed by atoms with Gasteiger partial charge in [-0.15, -0.1) is 0 Å². The van der Waals surface area contributed by atoms with Gasteiger partial charge in [0, 0.05) is 17.3 Å². The van der Waals surface area contributed by atoms with Crippen LogP contribution in [-0.4, -0.2) is 10.8 Å². The van der Waals surface area contributed by atoms with Crippen LogP contribution in [0.15, 0.2) is 60.8 Å². The summed E-state index contributed by atoms with van der Waals surface area (Å²) in [5.41, 5.74) is 6.43. The smallest absolute Gasteiger partial charge is 0.196 e. The number of nitrogens with zero attached hydrogens (tertiary/aromatic N) is 1. The summed E-state index contributed by atoms with van der Waals surface area (Å²) in [6.07, 6.45) is 1.78. The molecule has 1 aliphatic rings. The van der Waals surface area contributed by atoms with Gasteiger partial charge >= 0.3 is 0 Å². The van der Waals surface area contributed by atoms with Gasteiger partial charge in [0.25, 0.3) is 0 Å². The van der Waals surface area contributed by atoms with E-state index in [-0.39, 0.29) is 5.78 Å². The van der Waals surface area contributed by atoms with Crippen LogP contribution < -0.4 is 0 Å². The van der Waals surface area contributed by atoms with Crippen molar-refractivity contribution in [1.82, 2.24) is 4.98 Å². The first-order chi connectivity index (χ1) is 10.3. The van der Waals surface area contributed by atoms with Gasteiger partial charge in [0.05, 0.1) is 11.3 Å². The van der Waals surface area contributed by atoms with Gasteiger partial charge in [-0.1, -0.05) is 48.0 Å². The number of aromatic nitrogens is 1. The van der Waals surface area contributed by atoms with E-state index in [4.69, 9.17) is 0 Å². The van der Waals surface area contributed by atoms with E-state index >= 15 is 0 Å². The summed E-state index contributed by atoms with van der Waals surface area (Å²) in [7, 11) is 0. The largest absolute Gasteiger partial charge is 0.288 e. The molecular formula is C19H13NO. The van der Waals surface area contributed by atoms with Crippen molar-refractivity contribution in [3.63, 3.8) is 0 Å². The van der Waals surface area contributed by atoms with E-state index in [0.717, 1.165) is 39.1 Å². The molecule has 0 aliphatic heterocycles. The van der Waals surface area contributed by atoms with Crippen molar-refractivity contribution in [3.05, 3.63) is 77.5 Å². The zero-order chi connectivity index (χ0) is 14.4. The quantitative estimate of drug-likeness (QED) is 0.517. The molecule has 0 N–H and O–H groups in total. The summed E-state index contributed by atoms with van der Waals surface area (Å²) in [5, 5.41) is 0. The molecule has 0 fully saturated rings. The van der Waals surface area contributed by atoms with Crippen LogP contribution in [0.25, 0.3) is 22.4 Å². The lowest BCUT2D eigenvalue weighted by molar-refractivity contribution is 0.104. The van der Waals surface area contributed by atoms with Gasteiger partial charge in [-0.3, -0.25) is 9.78 Å². The molecular weight excluding hydrogens is 258 g/mol. The number of fused-ring (bicyclic) bond motifs is 3. The topological polar surface area (TPSA) is 30.0 Å². The van der Waals surface area contributed by atoms with E-state index in [1.54, 1.807) is 6.20 Å². The van der Waals surface area contributed by atoms with Crippen LogP contribution in [0.2, 0.25) is 0 Å². The molecule has 2 heteroatoms. The first-order valence-electron chi connectivity index (χ1n) is 6.96. The van der Waals surface area contributed by atoms with Gasteiger partial charge in [-0.2, -0.15) is 0 Å². The van der Waals surface area contributed by atoms with E-state index in [1.807, 2.05) is 55.5 Å². The minimum atomic E-state index is 0.0743. The van der Waals surface area contributed by atoms with E-state index in [0.29, 0.717) is 0 Å². The molecule has 4 rings (SSSR count). The Morgan fingerprint density at radius 1 is 0.857 bits per heavy atom. The Hall–Kier alpha value is -2.74. The number of pyridine rings is 1. The normalized spacial score (nSPS) is 12.1. The summed E-state index contributed by atoms with van der Waals surface area (Å²) in [5.74, 6) is 0.0743. The van der Waals surface area contributed by atoms with Crippen molar-refractivity contribution in [3.8, 4) is 22.4 Å². The SMILES string of the molecule is Cc1cccc(-c2nccc3c2C(=O)c2ccccc2-3)c1. The van der Waals surface area contributed by atoms with Gasteiger partial charge in [0.2, 0.25) is 0 Å². The number of hydrogen-bond donors (Lipinski definition) is 0. The third-order valence-corrected chi connectivity index (χ3v) is 3.93. The molecule has 0 saturated heterocycles. The molecule has 0 amide bonds. The summed E-state index contributed by atoms with van der Waals surface area (Å²) < 4.78 is 0. The van der Waals surface area contributed by atoms with Crippen LogP contribution in [0.1, 0.15) is 21.5 Å². The second kappa shape index (κ2) is 4.38. The molecule has 0 spiro atoms. The zero-order valence-corrected chi connectivity index (χ0v) is 11.6. The fourth-order valence-electron chi connectivity index (χ4n) is 2.98. The number of carbonyl (C=O) groups is 1. The van der Waals surface area contributed by atoms with Crippen molar-refractivity contribution >= 4 is 5.78 Å². The van der Waals surface area contributed by atoms with Gasteiger partial charge in [0.15, 0.2) is 5.78 Å². The minimum absolute atomic E-state index is 0.0743. The molecule has 0 bridgehead atoms. The lowest BCUT2D eigenvalue weighted by Gasteiger charge is -2.07. The summed E-state index contributed by atoms with van der Waals surface area (Å²) in [4.78, 5) is 17.2. The molecule has 1 aliphatic carbocycles. The van der Waals surface area contributed by atoms with Crippen LogP contribution in [0.4, 0.5) is 0 Å². The minimum Gasteiger partial charge on any atom is -0.288 e. The molecule has 1 aromatic heterocycles. The fraction of sp³-hybridized carbons (Fsp3) is 0.0526. The number of ketones is 1. The van der Waals surface area contributed by atoms with E-state index in [2.05, 4.69) is 11.1 Å². The Morgan fingerprint density at radius 3 is 2.48 bits per heavy atom. The Bertz CT molecular complexity index is 880. The third kappa shape index (κ3) is 1.73. The molecule has 1 heterocycles. The van der Waals surface area contributed by atoms with Crippen molar-refractivity contribution in [2.75, 3.05) is 0 Å². The predicted molar refractivity (Wildman–Crippen MR) is 83.3 cm³/mol. The molecule has 21 heavy (non-hydrogen) atoms. The number of aryl methyl sites for hydroxylation is 1. The van der Waals surface area contributed by atoms with Crippen molar-refractivity contribution in [1.29, 1.82) is 0 Å². The highest BCUT2D eigenvalue weighted by molar-refractivity contribution is 6.24. The fourth-order valence-corrected chi connectivity index (χ4v) is 2.98. The number of rotatable bonds is 1. The van der Waals surface area contributed by atoms with Crippen molar-refractivity contribution in [2.24, 2.45) is 0 Å². The van der Waals surface area contributed by atoms with Gasteiger partial charge in [-0.05, 0) is 30.2 Å². The first kappa shape index (κ1) is 12.0. The standard InChI is InChI=1S/C19H13NO/c1-12-5-4-6-13(11-12)18-17-15(9-10-20-18)14-7-2-3-8-16(14)19(17)21/h2-11H,1H3. The molecule has 100 valence electrons. The summed E-state index contributed by atoms with van der Waals surface area (Å²) in [6.45, 7) is 2.04. The Kier molecular flexibility index (Phi) is 2.51. The second-order valence-electron chi connectivity index (χ2n) is 5.33. The average Bonchev–Trinajstić information content (AvgIpc) is 2.81. The molecule has 0 radical (unpaired) electrons. The highest BCUT2D eigenvalue weighted by Crippen LogP contribution is 2.40. The highest BCUT2D eigenvalue weighted by atomic mass is 16.1. The first-order valence-corrected chi connectivity index (χ1v) is 6.96. The lowest BCUT2D eigenvalue weighted by atomic mass is 10.00. The maximum Gasteiger partial charge on any atom is 0.196 e. The molecule has 2 aromatic carbocycles. The Labute approximate surface area is 123 Å².